The zero-order chi connectivity index (χ0) is 19.5. The van der Waals surface area contributed by atoms with E-state index in [1.165, 1.54) is 0 Å². The number of hydrogen-bond acceptors (Lipinski definition) is 7. The van der Waals surface area contributed by atoms with Crippen molar-refractivity contribution in [3.05, 3.63) is 41.5 Å². The van der Waals surface area contributed by atoms with Gasteiger partial charge in [0.05, 0.1) is 24.7 Å². The molecule has 9 nitrogen and oxygen atoms in total. The Morgan fingerprint density at radius 3 is 2.75 bits per heavy atom. The number of amides is 2. The van der Waals surface area contributed by atoms with Crippen molar-refractivity contribution in [3.8, 4) is 0 Å². The Morgan fingerprint density at radius 2 is 2.00 bits per heavy atom. The molecule has 2 aliphatic heterocycles. The van der Waals surface area contributed by atoms with Gasteiger partial charge in [-0.2, -0.15) is 9.97 Å². The van der Waals surface area contributed by atoms with Crippen molar-refractivity contribution in [3.63, 3.8) is 0 Å². The van der Waals surface area contributed by atoms with E-state index < -0.39 is 5.92 Å². The van der Waals surface area contributed by atoms with Gasteiger partial charge >= 0.3 is 0 Å². The van der Waals surface area contributed by atoms with Crippen LogP contribution in [0.5, 0.6) is 0 Å². The van der Waals surface area contributed by atoms with E-state index in [2.05, 4.69) is 20.6 Å². The van der Waals surface area contributed by atoms with Gasteiger partial charge < -0.3 is 26.0 Å². The number of anilines is 3. The van der Waals surface area contributed by atoms with Crippen LogP contribution in [0, 0.1) is 0 Å². The van der Waals surface area contributed by atoms with Crippen LogP contribution < -0.4 is 21.3 Å². The fraction of sp³-hybridized carbons (Fsp3) is 0.368. The molecule has 0 aliphatic carbocycles. The minimum atomic E-state index is -0.716. The average molecular weight is 382 g/mol. The third-order valence-corrected chi connectivity index (χ3v) is 4.88. The number of ether oxygens (including phenoxy) is 1. The van der Waals surface area contributed by atoms with Crippen LogP contribution in [0.4, 0.5) is 17.6 Å². The first kappa shape index (κ1) is 18.2. The predicted molar refractivity (Wildman–Crippen MR) is 104 cm³/mol. The summed E-state index contributed by atoms with van der Waals surface area (Å²) in [7, 11) is 0. The van der Waals surface area contributed by atoms with Crippen LogP contribution in [-0.2, 0) is 20.9 Å². The summed E-state index contributed by atoms with van der Waals surface area (Å²) in [5, 5.41) is 5.61. The number of benzene rings is 1. The minimum Gasteiger partial charge on any atom is -0.383 e. The standard InChI is InChI=1S/C19H22N6O3/c20-16-15-13(18(27)21-11-12-4-2-1-3-5-12)10-14(26)22-17(15)24-19(23-16)25-6-8-28-9-7-25/h1-5,13H,6-11H2,(H,21,27)(H3,20,22,23,24,26). The first-order chi connectivity index (χ1) is 13.6. The van der Waals surface area contributed by atoms with Crippen LogP contribution in [0.2, 0.25) is 0 Å². The smallest absolute Gasteiger partial charge is 0.229 e. The Labute approximate surface area is 162 Å². The second-order valence-electron chi connectivity index (χ2n) is 6.78. The summed E-state index contributed by atoms with van der Waals surface area (Å²) in [4.78, 5) is 35.8. The Balaban J connectivity index is 1.57. The van der Waals surface area contributed by atoms with Crippen molar-refractivity contribution in [1.29, 1.82) is 0 Å². The van der Waals surface area contributed by atoms with E-state index in [0.717, 1.165) is 5.56 Å². The van der Waals surface area contributed by atoms with Crippen LogP contribution in [-0.4, -0.2) is 48.1 Å². The zero-order valence-electron chi connectivity index (χ0n) is 15.4. The van der Waals surface area contributed by atoms with Crippen LogP contribution in [0.3, 0.4) is 0 Å². The first-order valence-corrected chi connectivity index (χ1v) is 9.23. The highest BCUT2D eigenvalue weighted by atomic mass is 16.5. The lowest BCUT2D eigenvalue weighted by Crippen LogP contribution is -2.39. The van der Waals surface area contributed by atoms with E-state index in [1.807, 2.05) is 35.2 Å². The topological polar surface area (TPSA) is 122 Å². The maximum absolute atomic E-state index is 12.8. The highest BCUT2D eigenvalue weighted by Crippen LogP contribution is 2.36. The Hall–Kier alpha value is -3.20. The van der Waals surface area contributed by atoms with Crippen LogP contribution in [0.1, 0.15) is 23.5 Å². The van der Waals surface area contributed by atoms with Gasteiger partial charge in [0.1, 0.15) is 11.6 Å². The van der Waals surface area contributed by atoms with Gasteiger partial charge in [-0.15, -0.1) is 0 Å². The second-order valence-corrected chi connectivity index (χ2v) is 6.78. The van der Waals surface area contributed by atoms with Gasteiger partial charge in [-0.05, 0) is 5.56 Å². The van der Waals surface area contributed by atoms with Crippen molar-refractivity contribution in [1.82, 2.24) is 15.3 Å². The van der Waals surface area contributed by atoms with Crippen molar-refractivity contribution < 1.29 is 14.3 Å². The van der Waals surface area contributed by atoms with E-state index in [9.17, 15) is 9.59 Å². The van der Waals surface area contributed by atoms with Gasteiger partial charge in [0.2, 0.25) is 17.8 Å². The summed E-state index contributed by atoms with van der Waals surface area (Å²) < 4.78 is 5.34. The third kappa shape index (κ3) is 3.74. The quantitative estimate of drug-likeness (QED) is 0.709. The van der Waals surface area contributed by atoms with Gasteiger partial charge in [-0.3, -0.25) is 9.59 Å². The van der Waals surface area contributed by atoms with Crippen LogP contribution >= 0.6 is 0 Å². The fourth-order valence-electron chi connectivity index (χ4n) is 3.42. The number of nitrogens with zero attached hydrogens (tertiary/aromatic N) is 3. The molecule has 0 radical (unpaired) electrons. The number of hydrogen-bond donors (Lipinski definition) is 3. The molecule has 3 heterocycles. The maximum atomic E-state index is 12.8. The average Bonchev–Trinajstić information content (AvgIpc) is 2.72. The number of rotatable bonds is 4. The van der Waals surface area contributed by atoms with Crippen LogP contribution in [0.15, 0.2) is 30.3 Å². The molecule has 9 heteroatoms. The maximum Gasteiger partial charge on any atom is 0.229 e. The summed E-state index contributed by atoms with van der Waals surface area (Å²) in [6.07, 6.45) is 0.0120. The van der Waals surface area contributed by atoms with E-state index in [-0.39, 0.29) is 24.1 Å². The van der Waals surface area contributed by atoms with E-state index in [4.69, 9.17) is 10.5 Å². The van der Waals surface area contributed by atoms with Gasteiger partial charge in [0.25, 0.3) is 0 Å². The number of fused-ring (bicyclic) bond motifs is 1. The van der Waals surface area contributed by atoms with Crippen molar-refractivity contribution >= 4 is 29.4 Å². The molecule has 146 valence electrons. The van der Waals surface area contributed by atoms with Crippen molar-refractivity contribution in [2.24, 2.45) is 0 Å². The number of carbonyl (C=O) groups is 2. The van der Waals surface area contributed by atoms with Gasteiger partial charge in [-0.1, -0.05) is 30.3 Å². The number of carbonyl (C=O) groups excluding carboxylic acids is 2. The number of nitrogens with two attached hydrogens (primary N) is 1. The largest absolute Gasteiger partial charge is 0.383 e. The molecule has 0 bridgehead atoms. The molecule has 4 rings (SSSR count). The molecule has 1 saturated heterocycles. The molecule has 1 aromatic heterocycles. The van der Waals surface area contributed by atoms with E-state index >= 15 is 0 Å². The van der Waals surface area contributed by atoms with E-state index in [0.29, 0.717) is 50.2 Å². The van der Waals surface area contributed by atoms with Crippen molar-refractivity contribution in [2.45, 2.75) is 18.9 Å². The van der Waals surface area contributed by atoms with E-state index in [1.54, 1.807) is 0 Å². The molecule has 28 heavy (non-hydrogen) atoms. The van der Waals surface area contributed by atoms with Gasteiger partial charge in [-0.25, -0.2) is 0 Å². The highest BCUT2D eigenvalue weighted by Gasteiger charge is 2.35. The fourth-order valence-corrected chi connectivity index (χ4v) is 3.42. The predicted octanol–water partition coefficient (Wildman–Crippen LogP) is 0.638. The minimum absolute atomic E-state index is 0.0120. The number of nitrogen functional groups attached to an aromatic ring is 1. The summed E-state index contributed by atoms with van der Waals surface area (Å²) in [5.74, 6) is -0.291. The summed E-state index contributed by atoms with van der Waals surface area (Å²) in [6.45, 7) is 2.83. The molecule has 1 unspecified atom stereocenters. The summed E-state index contributed by atoms with van der Waals surface area (Å²) >= 11 is 0. The number of aromatic nitrogens is 2. The molecule has 0 saturated carbocycles. The monoisotopic (exact) mass is 382 g/mol. The van der Waals surface area contributed by atoms with Crippen molar-refractivity contribution in [2.75, 3.05) is 42.3 Å². The molecule has 1 fully saturated rings. The molecular formula is C19H22N6O3. The zero-order valence-corrected chi connectivity index (χ0v) is 15.4. The van der Waals surface area contributed by atoms with Gasteiger partial charge in [0, 0.05) is 26.1 Å². The Bertz CT molecular complexity index is 883. The second kappa shape index (κ2) is 7.81. The lowest BCUT2D eigenvalue weighted by molar-refractivity contribution is -0.126. The molecule has 1 atom stereocenters. The molecule has 1 aromatic carbocycles. The number of nitrogens with one attached hydrogen (secondary N) is 2. The normalized spacial score (nSPS) is 18.9. The third-order valence-electron chi connectivity index (χ3n) is 4.88. The molecule has 4 N–H and O–H groups in total. The molecule has 2 aliphatic rings. The lowest BCUT2D eigenvalue weighted by Gasteiger charge is -2.30. The number of morpholine rings is 1. The molecule has 0 spiro atoms. The molecular weight excluding hydrogens is 360 g/mol. The Morgan fingerprint density at radius 1 is 1.25 bits per heavy atom. The Kier molecular flexibility index (Phi) is 5.07. The van der Waals surface area contributed by atoms with Crippen LogP contribution in [0.25, 0.3) is 0 Å². The molecule has 2 aromatic rings. The summed E-state index contributed by atoms with van der Waals surface area (Å²) in [6, 6.07) is 9.58. The summed E-state index contributed by atoms with van der Waals surface area (Å²) in [5.41, 5.74) is 7.64. The van der Waals surface area contributed by atoms with Gasteiger partial charge in [0.15, 0.2) is 0 Å². The molecule has 2 amide bonds. The SMILES string of the molecule is Nc1nc(N2CCOCC2)nc2c1C(C(=O)NCc1ccccc1)CC(=O)N2. The lowest BCUT2D eigenvalue weighted by atomic mass is 9.92. The first-order valence-electron chi connectivity index (χ1n) is 9.23. The highest BCUT2D eigenvalue weighted by molar-refractivity contribution is 6.01.